The number of nitrogens with one attached hydrogen (secondary N) is 1. The Morgan fingerprint density at radius 1 is 1.38 bits per heavy atom. The number of halogens is 2. The van der Waals surface area contributed by atoms with Crippen LogP contribution in [0.15, 0.2) is 12.1 Å². The average Bonchev–Trinajstić information content (AvgIpc) is 2.41. The predicted octanol–water partition coefficient (Wildman–Crippen LogP) is 2.58. The molecule has 0 aliphatic heterocycles. The second-order valence-electron chi connectivity index (χ2n) is 3.86. The highest BCUT2D eigenvalue weighted by Gasteiger charge is 2.19. The number of carbonyl (C=O) groups is 2. The normalized spacial score (nSPS) is 10.0. The number of rotatable bonds is 6. The van der Waals surface area contributed by atoms with Gasteiger partial charge < -0.3 is 10.1 Å². The molecule has 0 fully saturated rings. The molecule has 0 aliphatic carbocycles. The van der Waals surface area contributed by atoms with Gasteiger partial charge in [0.2, 0.25) is 0 Å². The Morgan fingerprint density at radius 2 is 2.05 bits per heavy atom. The quantitative estimate of drug-likeness (QED) is 0.489. The number of nitro benzene ring substituents is 1. The third kappa shape index (κ3) is 4.87. The highest BCUT2D eigenvalue weighted by Crippen LogP contribution is 2.30. The lowest BCUT2D eigenvalue weighted by Gasteiger charge is -2.07. The first kappa shape index (κ1) is 17.2. The number of ether oxygens (including phenoxy) is 1. The Labute approximate surface area is 130 Å². The van der Waals surface area contributed by atoms with Crippen LogP contribution in [-0.2, 0) is 9.53 Å². The summed E-state index contributed by atoms with van der Waals surface area (Å²) in [4.78, 5) is 33.1. The van der Waals surface area contributed by atoms with Gasteiger partial charge in [-0.2, -0.15) is 0 Å². The number of non-ortho nitro benzene ring substituents is 1. The monoisotopic (exact) mass is 334 g/mol. The van der Waals surface area contributed by atoms with E-state index in [1.54, 1.807) is 6.92 Å². The minimum atomic E-state index is -0.683. The summed E-state index contributed by atoms with van der Waals surface area (Å²) in [6, 6.07) is 2.08. The van der Waals surface area contributed by atoms with Gasteiger partial charge in [0.05, 0.1) is 33.6 Å². The molecule has 0 aliphatic rings. The maximum Gasteiger partial charge on any atom is 0.307 e. The fourth-order valence-electron chi connectivity index (χ4n) is 1.45. The summed E-state index contributed by atoms with van der Waals surface area (Å²) < 4.78 is 4.70. The van der Waals surface area contributed by atoms with Crippen LogP contribution in [0, 0.1) is 10.1 Å². The van der Waals surface area contributed by atoms with Gasteiger partial charge in [-0.25, -0.2) is 0 Å². The molecule has 21 heavy (non-hydrogen) atoms. The number of amides is 1. The van der Waals surface area contributed by atoms with Crippen molar-refractivity contribution in [1.82, 2.24) is 5.32 Å². The molecular weight excluding hydrogens is 323 g/mol. The summed E-state index contributed by atoms with van der Waals surface area (Å²) in [6.45, 7) is 1.94. The van der Waals surface area contributed by atoms with E-state index in [-0.39, 0.29) is 40.9 Å². The Kier molecular flexibility index (Phi) is 6.39. The summed E-state index contributed by atoms with van der Waals surface area (Å²) in [6.07, 6.45) is -0.0140. The molecule has 9 heteroatoms. The largest absolute Gasteiger partial charge is 0.466 e. The Hall–Kier alpha value is -1.86. The van der Waals surface area contributed by atoms with Crippen LogP contribution >= 0.6 is 23.2 Å². The second kappa shape index (κ2) is 7.80. The zero-order valence-electron chi connectivity index (χ0n) is 11.0. The SMILES string of the molecule is CCOC(=O)CCNC(=O)c1cc([N+](=O)[O-])cc(Cl)c1Cl. The van der Waals surface area contributed by atoms with Crippen LogP contribution in [-0.4, -0.2) is 30.0 Å². The summed E-state index contributed by atoms with van der Waals surface area (Å²) >= 11 is 11.6. The molecule has 1 N–H and O–H groups in total. The van der Waals surface area contributed by atoms with E-state index >= 15 is 0 Å². The highest BCUT2D eigenvalue weighted by molar-refractivity contribution is 6.44. The van der Waals surface area contributed by atoms with E-state index in [9.17, 15) is 19.7 Å². The van der Waals surface area contributed by atoms with Crippen molar-refractivity contribution in [3.8, 4) is 0 Å². The number of benzene rings is 1. The molecular formula is C12H12Cl2N2O5. The molecule has 0 saturated heterocycles. The van der Waals surface area contributed by atoms with E-state index in [1.165, 1.54) is 0 Å². The van der Waals surface area contributed by atoms with Crippen molar-refractivity contribution in [2.75, 3.05) is 13.2 Å². The lowest BCUT2D eigenvalue weighted by molar-refractivity contribution is -0.384. The lowest BCUT2D eigenvalue weighted by Crippen LogP contribution is -2.27. The average molecular weight is 335 g/mol. The van der Waals surface area contributed by atoms with Crippen molar-refractivity contribution in [3.63, 3.8) is 0 Å². The van der Waals surface area contributed by atoms with Gasteiger partial charge in [0.25, 0.3) is 11.6 Å². The Balaban J connectivity index is 2.78. The van der Waals surface area contributed by atoms with Crippen LogP contribution in [0.2, 0.25) is 10.0 Å². The first-order chi connectivity index (χ1) is 9.86. The van der Waals surface area contributed by atoms with Crippen molar-refractivity contribution in [2.24, 2.45) is 0 Å². The molecule has 0 radical (unpaired) electrons. The summed E-state index contributed by atoms with van der Waals surface area (Å²) in [5.41, 5.74) is -0.473. The second-order valence-corrected chi connectivity index (χ2v) is 4.64. The molecule has 0 saturated carbocycles. The van der Waals surface area contributed by atoms with E-state index in [0.717, 1.165) is 12.1 Å². The highest BCUT2D eigenvalue weighted by atomic mass is 35.5. The van der Waals surface area contributed by atoms with Crippen LogP contribution in [0.5, 0.6) is 0 Å². The molecule has 0 atom stereocenters. The fraction of sp³-hybridized carbons (Fsp3) is 0.333. The minimum absolute atomic E-state index is 0.0140. The van der Waals surface area contributed by atoms with Gasteiger partial charge in [-0.15, -0.1) is 0 Å². The number of nitrogens with zero attached hydrogens (tertiary/aromatic N) is 1. The van der Waals surface area contributed by atoms with E-state index < -0.39 is 16.8 Å². The predicted molar refractivity (Wildman–Crippen MR) is 76.7 cm³/mol. The third-order valence-electron chi connectivity index (χ3n) is 2.39. The molecule has 0 heterocycles. The van der Waals surface area contributed by atoms with Crippen LogP contribution in [0.4, 0.5) is 5.69 Å². The van der Waals surface area contributed by atoms with Gasteiger partial charge in [0.15, 0.2) is 0 Å². The number of carbonyl (C=O) groups excluding carboxylic acids is 2. The Bertz CT molecular complexity index is 577. The van der Waals surface area contributed by atoms with Crippen molar-refractivity contribution in [1.29, 1.82) is 0 Å². The van der Waals surface area contributed by atoms with E-state index in [1.807, 2.05) is 0 Å². The molecule has 0 spiro atoms. The van der Waals surface area contributed by atoms with Gasteiger partial charge in [0.1, 0.15) is 0 Å². The molecule has 0 bridgehead atoms. The Morgan fingerprint density at radius 3 is 2.62 bits per heavy atom. The topological polar surface area (TPSA) is 98.5 Å². The standard InChI is InChI=1S/C12H12Cl2N2O5/c1-2-21-10(17)3-4-15-12(18)8-5-7(16(19)20)6-9(13)11(8)14/h5-6H,2-4H2,1H3,(H,15,18). The molecule has 0 aromatic heterocycles. The fourth-order valence-corrected chi connectivity index (χ4v) is 1.86. The number of nitro groups is 1. The molecule has 0 unspecified atom stereocenters. The first-order valence-electron chi connectivity index (χ1n) is 5.94. The zero-order chi connectivity index (χ0) is 16.0. The van der Waals surface area contributed by atoms with Crippen LogP contribution in [0.3, 0.4) is 0 Å². The maximum atomic E-state index is 11.9. The van der Waals surface area contributed by atoms with Crippen molar-refractivity contribution in [3.05, 3.63) is 37.9 Å². The van der Waals surface area contributed by atoms with Gasteiger partial charge in [0, 0.05) is 18.7 Å². The van der Waals surface area contributed by atoms with Crippen molar-refractivity contribution >= 4 is 40.8 Å². The van der Waals surface area contributed by atoms with Crippen LogP contribution in [0.1, 0.15) is 23.7 Å². The minimum Gasteiger partial charge on any atom is -0.466 e. The maximum absolute atomic E-state index is 11.9. The van der Waals surface area contributed by atoms with Gasteiger partial charge >= 0.3 is 5.97 Å². The molecule has 7 nitrogen and oxygen atoms in total. The number of hydrogen-bond acceptors (Lipinski definition) is 5. The molecule has 1 aromatic rings. The third-order valence-corrected chi connectivity index (χ3v) is 3.19. The summed E-state index contributed by atoms with van der Waals surface area (Å²) in [5, 5.41) is 13.0. The molecule has 1 aromatic carbocycles. The van der Waals surface area contributed by atoms with E-state index in [4.69, 9.17) is 27.9 Å². The van der Waals surface area contributed by atoms with Crippen LogP contribution in [0.25, 0.3) is 0 Å². The summed E-state index contributed by atoms with van der Waals surface area (Å²) in [7, 11) is 0. The lowest BCUT2D eigenvalue weighted by atomic mass is 10.2. The molecule has 114 valence electrons. The van der Waals surface area contributed by atoms with Gasteiger partial charge in [-0.1, -0.05) is 23.2 Å². The van der Waals surface area contributed by atoms with E-state index in [2.05, 4.69) is 5.32 Å². The number of esters is 1. The van der Waals surface area contributed by atoms with Gasteiger partial charge in [-0.3, -0.25) is 19.7 Å². The summed E-state index contributed by atoms with van der Waals surface area (Å²) in [5.74, 6) is -1.11. The smallest absolute Gasteiger partial charge is 0.307 e. The molecule has 1 rings (SSSR count). The van der Waals surface area contributed by atoms with Crippen molar-refractivity contribution < 1.29 is 19.2 Å². The zero-order valence-corrected chi connectivity index (χ0v) is 12.5. The molecule has 1 amide bonds. The van der Waals surface area contributed by atoms with E-state index in [0.29, 0.717) is 0 Å². The van der Waals surface area contributed by atoms with Crippen molar-refractivity contribution in [2.45, 2.75) is 13.3 Å². The van der Waals surface area contributed by atoms with Crippen LogP contribution < -0.4 is 5.32 Å². The number of hydrogen-bond donors (Lipinski definition) is 1. The van der Waals surface area contributed by atoms with Gasteiger partial charge in [-0.05, 0) is 6.92 Å². The first-order valence-corrected chi connectivity index (χ1v) is 6.69.